The lowest BCUT2D eigenvalue weighted by Gasteiger charge is -2.07. The second-order valence-electron chi connectivity index (χ2n) is 3.78. The minimum Gasteiger partial charge on any atom is -0.374 e. The number of anilines is 1. The lowest BCUT2D eigenvalue weighted by Crippen LogP contribution is -2.14. The van der Waals surface area contributed by atoms with E-state index in [4.69, 9.17) is 4.74 Å². The predicted octanol–water partition coefficient (Wildman–Crippen LogP) is 1.73. The highest BCUT2D eigenvalue weighted by molar-refractivity contribution is 5.67. The molecule has 5 nitrogen and oxygen atoms in total. The maximum atomic E-state index is 11.8. The molecular weight excluding hydrogens is 242 g/mol. The molecule has 7 heteroatoms. The van der Waals surface area contributed by atoms with Gasteiger partial charge in [-0.05, 0) is 13.0 Å². The molecule has 0 fully saturated rings. The minimum atomic E-state index is -2.43. The molecule has 2 aromatic heterocycles. The first-order chi connectivity index (χ1) is 8.66. The van der Waals surface area contributed by atoms with E-state index in [0.717, 1.165) is 11.2 Å². The van der Waals surface area contributed by atoms with Crippen LogP contribution in [-0.4, -0.2) is 40.8 Å². The zero-order valence-corrected chi connectivity index (χ0v) is 9.94. The molecule has 98 valence electrons. The summed E-state index contributed by atoms with van der Waals surface area (Å²) in [5, 5.41) is 7.28. The van der Waals surface area contributed by atoms with Crippen LogP contribution in [0.3, 0.4) is 0 Å². The second-order valence-corrected chi connectivity index (χ2v) is 3.78. The first kappa shape index (κ1) is 12.7. The zero-order chi connectivity index (χ0) is 13.0. The molecule has 18 heavy (non-hydrogen) atoms. The topological polar surface area (TPSA) is 51.5 Å². The Kier molecular flexibility index (Phi) is 4.03. The third-order valence-electron chi connectivity index (χ3n) is 2.29. The smallest absolute Gasteiger partial charge is 0.261 e. The minimum absolute atomic E-state index is 0.209. The van der Waals surface area contributed by atoms with Crippen molar-refractivity contribution in [1.82, 2.24) is 14.6 Å². The van der Waals surface area contributed by atoms with Gasteiger partial charge < -0.3 is 10.1 Å². The third kappa shape index (κ3) is 3.13. The van der Waals surface area contributed by atoms with Gasteiger partial charge in [0.1, 0.15) is 12.1 Å². The molecule has 0 radical (unpaired) electrons. The van der Waals surface area contributed by atoms with Crippen molar-refractivity contribution in [3.63, 3.8) is 0 Å². The number of hydrogen-bond acceptors (Lipinski definition) is 4. The number of nitrogens with zero attached hydrogens (tertiary/aromatic N) is 3. The number of hydrogen-bond donors (Lipinski definition) is 1. The Bertz CT molecular complexity index is 515. The average molecular weight is 256 g/mol. The Hall–Kier alpha value is -1.76. The maximum Gasteiger partial charge on any atom is 0.261 e. The number of aryl methyl sites for hydroxylation is 1. The summed E-state index contributed by atoms with van der Waals surface area (Å²) in [4.78, 5) is 4.18. The van der Waals surface area contributed by atoms with E-state index in [1.54, 1.807) is 16.9 Å². The van der Waals surface area contributed by atoms with Crippen molar-refractivity contribution in [1.29, 1.82) is 0 Å². The van der Waals surface area contributed by atoms with Crippen LogP contribution in [0.5, 0.6) is 0 Å². The standard InChI is InChI=1S/C11H14F2N4O/c1-8-6-9-11(14-2-4-17(9)16-8)15-3-5-18-7-10(12)13/h2,4,6,10H,3,5,7H2,1H3,(H,14,15). The van der Waals surface area contributed by atoms with E-state index >= 15 is 0 Å². The normalized spacial score (nSPS) is 11.3. The molecule has 2 rings (SSSR count). The average Bonchev–Trinajstić information content (AvgIpc) is 2.69. The van der Waals surface area contributed by atoms with E-state index in [1.807, 2.05) is 13.0 Å². The molecule has 0 saturated heterocycles. The summed E-state index contributed by atoms with van der Waals surface area (Å²) in [6.45, 7) is 1.98. The van der Waals surface area contributed by atoms with Gasteiger partial charge in [0, 0.05) is 18.9 Å². The number of nitrogens with one attached hydrogen (secondary N) is 1. The van der Waals surface area contributed by atoms with Crippen LogP contribution in [0.1, 0.15) is 5.69 Å². The highest BCUT2D eigenvalue weighted by Crippen LogP contribution is 2.13. The summed E-state index contributed by atoms with van der Waals surface area (Å²) in [7, 11) is 0. The van der Waals surface area contributed by atoms with Crippen LogP contribution in [-0.2, 0) is 4.74 Å². The highest BCUT2D eigenvalue weighted by Gasteiger charge is 2.05. The fourth-order valence-corrected chi connectivity index (χ4v) is 1.59. The molecular formula is C11H14F2N4O. The van der Waals surface area contributed by atoms with Gasteiger partial charge in [-0.2, -0.15) is 5.10 Å². The van der Waals surface area contributed by atoms with Crippen molar-refractivity contribution in [2.24, 2.45) is 0 Å². The Balaban J connectivity index is 1.91. The predicted molar refractivity (Wildman–Crippen MR) is 63.0 cm³/mol. The van der Waals surface area contributed by atoms with E-state index in [0.29, 0.717) is 12.4 Å². The van der Waals surface area contributed by atoms with Gasteiger partial charge in [-0.15, -0.1) is 0 Å². The number of halogens is 2. The molecule has 0 aliphatic carbocycles. The monoisotopic (exact) mass is 256 g/mol. The molecule has 0 bridgehead atoms. The van der Waals surface area contributed by atoms with Crippen LogP contribution < -0.4 is 5.32 Å². The fourth-order valence-electron chi connectivity index (χ4n) is 1.59. The first-order valence-electron chi connectivity index (χ1n) is 5.57. The molecule has 0 spiro atoms. The van der Waals surface area contributed by atoms with Crippen molar-refractivity contribution in [2.45, 2.75) is 13.3 Å². The largest absolute Gasteiger partial charge is 0.374 e. The molecule has 0 unspecified atom stereocenters. The van der Waals surface area contributed by atoms with Gasteiger partial charge in [0.25, 0.3) is 6.43 Å². The Morgan fingerprint density at radius 3 is 3.11 bits per heavy atom. The Morgan fingerprint density at radius 1 is 1.50 bits per heavy atom. The quantitative estimate of drug-likeness (QED) is 0.800. The lowest BCUT2D eigenvalue weighted by molar-refractivity contribution is 0.0215. The van der Waals surface area contributed by atoms with Gasteiger partial charge in [-0.3, -0.25) is 0 Å². The number of rotatable bonds is 6. The SMILES string of the molecule is Cc1cc2c(NCCOCC(F)F)nccn2n1. The summed E-state index contributed by atoms with van der Waals surface area (Å²) in [6.07, 6.45) is 0.951. The summed E-state index contributed by atoms with van der Waals surface area (Å²) in [5.41, 5.74) is 1.74. The molecule has 1 N–H and O–H groups in total. The Labute approximate surface area is 103 Å². The molecule has 0 aliphatic heterocycles. The third-order valence-corrected chi connectivity index (χ3v) is 2.29. The van der Waals surface area contributed by atoms with E-state index in [-0.39, 0.29) is 6.61 Å². The highest BCUT2D eigenvalue weighted by atomic mass is 19.3. The van der Waals surface area contributed by atoms with E-state index < -0.39 is 13.0 Å². The van der Waals surface area contributed by atoms with Gasteiger partial charge in [0.2, 0.25) is 0 Å². The summed E-state index contributed by atoms with van der Waals surface area (Å²) in [5.74, 6) is 0.666. The van der Waals surface area contributed by atoms with Crippen molar-refractivity contribution in [2.75, 3.05) is 25.1 Å². The molecule has 0 aliphatic rings. The number of ether oxygens (including phenoxy) is 1. The fraction of sp³-hybridized carbons (Fsp3) is 0.455. The van der Waals surface area contributed by atoms with E-state index in [2.05, 4.69) is 15.4 Å². The maximum absolute atomic E-state index is 11.8. The van der Waals surface area contributed by atoms with Gasteiger partial charge in [-0.25, -0.2) is 18.3 Å². The molecule has 0 aromatic carbocycles. The molecule has 0 atom stereocenters. The number of alkyl halides is 2. The van der Waals surface area contributed by atoms with Crippen LogP contribution in [0, 0.1) is 6.92 Å². The van der Waals surface area contributed by atoms with Crippen molar-refractivity contribution < 1.29 is 13.5 Å². The first-order valence-corrected chi connectivity index (χ1v) is 5.57. The van der Waals surface area contributed by atoms with Crippen molar-refractivity contribution >= 4 is 11.3 Å². The van der Waals surface area contributed by atoms with Crippen LogP contribution in [0.4, 0.5) is 14.6 Å². The van der Waals surface area contributed by atoms with Crippen LogP contribution in [0.15, 0.2) is 18.5 Å². The number of fused-ring (bicyclic) bond motifs is 1. The molecule has 2 aromatic rings. The van der Waals surface area contributed by atoms with Crippen molar-refractivity contribution in [3.8, 4) is 0 Å². The second kappa shape index (κ2) is 5.72. The van der Waals surface area contributed by atoms with Crippen LogP contribution >= 0.6 is 0 Å². The molecule has 0 saturated carbocycles. The van der Waals surface area contributed by atoms with Crippen LogP contribution in [0.25, 0.3) is 5.52 Å². The van der Waals surface area contributed by atoms with Gasteiger partial charge in [-0.1, -0.05) is 0 Å². The molecule has 0 amide bonds. The summed E-state index contributed by atoms with van der Waals surface area (Å²) in [6, 6.07) is 1.90. The van der Waals surface area contributed by atoms with E-state index in [9.17, 15) is 8.78 Å². The Morgan fingerprint density at radius 2 is 2.33 bits per heavy atom. The lowest BCUT2D eigenvalue weighted by atomic mass is 10.4. The van der Waals surface area contributed by atoms with Gasteiger partial charge >= 0.3 is 0 Å². The van der Waals surface area contributed by atoms with Gasteiger partial charge in [0.15, 0.2) is 5.82 Å². The van der Waals surface area contributed by atoms with E-state index in [1.165, 1.54) is 0 Å². The van der Waals surface area contributed by atoms with Crippen molar-refractivity contribution in [3.05, 3.63) is 24.2 Å². The zero-order valence-electron chi connectivity index (χ0n) is 9.94. The van der Waals surface area contributed by atoms with Gasteiger partial charge in [0.05, 0.1) is 12.3 Å². The summed E-state index contributed by atoms with van der Waals surface area (Å²) >= 11 is 0. The molecule has 2 heterocycles. The summed E-state index contributed by atoms with van der Waals surface area (Å²) < 4.78 is 30.1. The number of aromatic nitrogens is 3. The van der Waals surface area contributed by atoms with Crippen LogP contribution in [0.2, 0.25) is 0 Å².